The van der Waals surface area contributed by atoms with Crippen molar-refractivity contribution in [3.05, 3.63) is 0 Å². The highest BCUT2D eigenvalue weighted by Crippen LogP contribution is 2.24. The number of alkyl carbamates (subject to hydrolysis) is 1. The molecule has 1 atom stereocenters. The average molecular weight is 362 g/mol. The summed E-state index contributed by atoms with van der Waals surface area (Å²) in [6.45, 7) is 8.93. The zero-order valence-corrected chi connectivity index (χ0v) is 16.1. The molecule has 2 aliphatic rings. The first-order valence-corrected chi connectivity index (χ1v) is 10.3. The number of amides is 1. The van der Waals surface area contributed by atoms with Crippen LogP contribution in [0.2, 0.25) is 0 Å². The third kappa shape index (κ3) is 5.07. The molecule has 0 aromatic rings. The molecule has 0 aliphatic carbocycles. The van der Waals surface area contributed by atoms with Crippen LogP contribution >= 0.6 is 0 Å². The highest BCUT2D eigenvalue weighted by atomic mass is 32.2. The van der Waals surface area contributed by atoms with Crippen LogP contribution in [0.15, 0.2) is 0 Å². The summed E-state index contributed by atoms with van der Waals surface area (Å²) in [7, 11) is -3.39. The minimum Gasteiger partial charge on any atom is -0.444 e. The van der Waals surface area contributed by atoms with Crippen molar-refractivity contribution >= 4 is 16.3 Å². The zero-order chi connectivity index (χ0) is 18.0. The van der Waals surface area contributed by atoms with Crippen molar-refractivity contribution in [3.63, 3.8) is 0 Å². The Hall–Kier alpha value is -0.860. The molecule has 0 aromatic carbocycles. The van der Waals surface area contributed by atoms with Gasteiger partial charge in [-0.05, 0) is 53.4 Å². The number of hydrogen-bond donors (Lipinski definition) is 1. The number of hydrogen-bond acceptors (Lipinski definition) is 4. The van der Waals surface area contributed by atoms with Crippen LogP contribution in [-0.2, 0) is 14.9 Å². The molecule has 2 aliphatic heterocycles. The highest BCUT2D eigenvalue weighted by molar-refractivity contribution is 7.86. The Bertz CT molecular complexity index is 536. The fraction of sp³-hybridized carbons (Fsp3) is 0.938. The standard InChI is InChI=1S/C16H31N3O4S/c1-13-7-5-6-10-19(13)24(21,22)18-11-8-14(9-12-18)17-15(20)23-16(2,3)4/h13-14H,5-12H2,1-4H3,(H,17,20). The highest BCUT2D eigenvalue weighted by Gasteiger charge is 2.36. The van der Waals surface area contributed by atoms with E-state index in [2.05, 4.69) is 5.32 Å². The Morgan fingerprint density at radius 2 is 1.71 bits per heavy atom. The van der Waals surface area contributed by atoms with E-state index in [1.54, 1.807) is 8.61 Å². The number of ether oxygens (including phenoxy) is 1. The van der Waals surface area contributed by atoms with E-state index >= 15 is 0 Å². The van der Waals surface area contributed by atoms with Crippen LogP contribution in [-0.4, -0.2) is 60.4 Å². The lowest BCUT2D eigenvalue weighted by molar-refractivity contribution is 0.0489. The van der Waals surface area contributed by atoms with E-state index in [0.717, 1.165) is 19.3 Å². The molecule has 2 saturated heterocycles. The van der Waals surface area contributed by atoms with E-state index in [0.29, 0.717) is 32.5 Å². The van der Waals surface area contributed by atoms with Gasteiger partial charge in [0.1, 0.15) is 5.60 Å². The normalized spacial score (nSPS) is 25.4. The summed E-state index contributed by atoms with van der Waals surface area (Å²) in [4.78, 5) is 11.8. The number of carbonyl (C=O) groups excluding carboxylic acids is 1. The molecular formula is C16H31N3O4S. The van der Waals surface area contributed by atoms with Gasteiger partial charge >= 0.3 is 6.09 Å². The summed E-state index contributed by atoms with van der Waals surface area (Å²) in [5, 5.41) is 2.84. The molecule has 1 amide bonds. The number of carbonyl (C=O) groups is 1. The second-order valence-corrected chi connectivity index (χ2v) is 9.66. The molecule has 8 heteroatoms. The smallest absolute Gasteiger partial charge is 0.407 e. The number of piperidine rings is 2. The molecular weight excluding hydrogens is 330 g/mol. The summed E-state index contributed by atoms with van der Waals surface area (Å²) >= 11 is 0. The first kappa shape index (κ1) is 19.5. The topological polar surface area (TPSA) is 79.0 Å². The van der Waals surface area contributed by atoms with Crippen molar-refractivity contribution < 1.29 is 17.9 Å². The van der Waals surface area contributed by atoms with E-state index in [-0.39, 0.29) is 12.1 Å². The molecule has 0 radical (unpaired) electrons. The molecule has 0 bridgehead atoms. The Morgan fingerprint density at radius 3 is 2.25 bits per heavy atom. The molecule has 140 valence electrons. The van der Waals surface area contributed by atoms with Crippen LogP contribution in [0.5, 0.6) is 0 Å². The Morgan fingerprint density at radius 1 is 1.08 bits per heavy atom. The molecule has 0 aromatic heterocycles. The molecule has 2 heterocycles. The molecule has 1 N–H and O–H groups in total. The quantitative estimate of drug-likeness (QED) is 0.835. The lowest BCUT2D eigenvalue weighted by Crippen LogP contribution is -2.54. The molecule has 0 saturated carbocycles. The molecule has 2 rings (SSSR count). The van der Waals surface area contributed by atoms with Crippen LogP contribution in [0, 0.1) is 0 Å². The summed E-state index contributed by atoms with van der Waals surface area (Å²) < 4.78 is 34.1. The van der Waals surface area contributed by atoms with Crippen molar-refractivity contribution in [1.29, 1.82) is 0 Å². The van der Waals surface area contributed by atoms with Crippen molar-refractivity contribution in [2.75, 3.05) is 19.6 Å². The fourth-order valence-corrected chi connectivity index (χ4v) is 5.16. The van der Waals surface area contributed by atoms with Crippen molar-refractivity contribution in [2.24, 2.45) is 0 Å². The van der Waals surface area contributed by atoms with Crippen LogP contribution in [0.1, 0.15) is 59.8 Å². The molecule has 2 fully saturated rings. The van der Waals surface area contributed by atoms with Gasteiger partial charge in [0.05, 0.1) is 0 Å². The van der Waals surface area contributed by atoms with Gasteiger partial charge in [0, 0.05) is 31.7 Å². The Kier molecular flexibility index (Phi) is 6.14. The number of rotatable bonds is 3. The predicted octanol–water partition coefficient (Wildman–Crippen LogP) is 2.09. The summed E-state index contributed by atoms with van der Waals surface area (Å²) in [5.74, 6) is 0. The van der Waals surface area contributed by atoms with Gasteiger partial charge in [0.15, 0.2) is 0 Å². The van der Waals surface area contributed by atoms with Crippen molar-refractivity contribution in [3.8, 4) is 0 Å². The molecule has 1 unspecified atom stereocenters. The second-order valence-electron chi connectivity index (χ2n) is 7.78. The molecule has 0 spiro atoms. The van der Waals surface area contributed by atoms with Crippen molar-refractivity contribution in [1.82, 2.24) is 13.9 Å². The second kappa shape index (κ2) is 7.58. The van der Waals surface area contributed by atoms with Gasteiger partial charge in [-0.2, -0.15) is 17.0 Å². The largest absolute Gasteiger partial charge is 0.444 e. The van der Waals surface area contributed by atoms with E-state index in [1.165, 1.54) is 0 Å². The van der Waals surface area contributed by atoms with Crippen LogP contribution in [0.4, 0.5) is 4.79 Å². The van der Waals surface area contributed by atoms with Crippen LogP contribution < -0.4 is 5.32 Å². The maximum atomic E-state index is 12.8. The van der Waals surface area contributed by atoms with Gasteiger partial charge in [-0.3, -0.25) is 0 Å². The zero-order valence-electron chi connectivity index (χ0n) is 15.2. The van der Waals surface area contributed by atoms with Gasteiger partial charge in [-0.1, -0.05) is 6.42 Å². The minimum atomic E-state index is -3.39. The number of nitrogens with zero attached hydrogens (tertiary/aromatic N) is 2. The van der Waals surface area contributed by atoms with Crippen LogP contribution in [0.3, 0.4) is 0 Å². The van der Waals surface area contributed by atoms with Gasteiger partial charge in [0.25, 0.3) is 10.2 Å². The van der Waals surface area contributed by atoms with E-state index in [9.17, 15) is 13.2 Å². The maximum Gasteiger partial charge on any atom is 0.407 e. The van der Waals surface area contributed by atoms with E-state index in [4.69, 9.17) is 4.74 Å². The lowest BCUT2D eigenvalue weighted by Gasteiger charge is -2.39. The SMILES string of the molecule is CC1CCCCN1S(=O)(=O)N1CCC(NC(=O)OC(C)(C)C)CC1. The lowest BCUT2D eigenvalue weighted by atomic mass is 10.1. The first-order chi connectivity index (χ1) is 11.1. The van der Waals surface area contributed by atoms with E-state index < -0.39 is 21.9 Å². The summed E-state index contributed by atoms with van der Waals surface area (Å²) in [6, 6.07) is 0.0337. The third-order valence-corrected chi connectivity index (χ3v) is 6.69. The van der Waals surface area contributed by atoms with Gasteiger partial charge in [0.2, 0.25) is 0 Å². The maximum absolute atomic E-state index is 12.8. The third-order valence-electron chi connectivity index (χ3n) is 4.54. The fourth-order valence-electron chi connectivity index (χ4n) is 3.27. The van der Waals surface area contributed by atoms with Gasteiger partial charge in [-0.25, -0.2) is 4.79 Å². The van der Waals surface area contributed by atoms with Gasteiger partial charge in [-0.15, -0.1) is 0 Å². The minimum absolute atomic E-state index is 0.0370. The predicted molar refractivity (Wildman–Crippen MR) is 92.9 cm³/mol. The Labute approximate surface area is 145 Å². The van der Waals surface area contributed by atoms with Gasteiger partial charge < -0.3 is 10.1 Å². The first-order valence-electron chi connectivity index (χ1n) is 8.86. The average Bonchev–Trinajstić information content (AvgIpc) is 2.46. The molecule has 24 heavy (non-hydrogen) atoms. The van der Waals surface area contributed by atoms with E-state index in [1.807, 2.05) is 27.7 Å². The summed E-state index contributed by atoms with van der Waals surface area (Å²) in [5.41, 5.74) is -0.529. The number of nitrogens with one attached hydrogen (secondary N) is 1. The Balaban J connectivity index is 1.86. The van der Waals surface area contributed by atoms with Crippen LogP contribution in [0.25, 0.3) is 0 Å². The molecule has 7 nitrogen and oxygen atoms in total. The van der Waals surface area contributed by atoms with Crippen molar-refractivity contribution in [2.45, 2.75) is 77.5 Å². The monoisotopic (exact) mass is 361 g/mol. The summed E-state index contributed by atoms with van der Waals surface area (Å²) in [6.07, 6.45) is 3.74.